The van der Waals surface area contributed by atoms with Crippen molar-refractivity contribution in [3.63, 3.8) is 0 Å². The second kappa shape index (κ2) is 8.13. The van der Waals surface area contributed by atoms with Crippen LogP contribution in [0.3, 0.4) is 0 Å². The summed E-state index contributed by atoms with van der Waals surface area (Å²) in [6, 6.07) is 4.35. The molecule has 1 aliphatic rings. The fourth-order valence-electron chi connectivity index (χ4n) is 2.43. The van der Waals surface area contributed by atoms with Crippen LogP contribution in [0.4, 0.5) is 5.00 Å². The number of amides is 1. The largest absolute Gasteiger partial charge is 0.396 e. The van der Waals surface area contributed by atoms with E-state index in [2.05, 4.69) is 16.3 Å². The van der Waals surface area contributed by atoms with E-state index in [1.54, 1.807) is 11.4 Å². The van der Waals surface area contributed by atoms with Crippen LogP contribution in [-0.2, 0) is 4.79 Å². The van der Waals surface area contributed by atoms with Crippen molar-refractivity contribution in [2.45, 2.75) is 38.1 Å². The van der Waals surface area contributed by atoms with Crippen molar-refractivity contribution in [1.82, 2.24) is 4.90 Å². The Labute approximate surface area is 129 Å². The maximum Gasteiger partial charge on any atom is 0.226 e. The molecule has 114 valence electrons. The summed E-state index contributed by atoms with van der Waals surface area (Å²) in [7, 11) is 0. The number of nitrogens with zero attached hydrogens (tertiary/aromatic N) is 2. The Morgan fingerprint density at radius 2 is 2.33 bits per heavy atom. The Bertz CT molecular complexity index is 505. The molecule has 0 saturated heterocycles. The predicted octanol–water partition coefficient (Wildman–Crippen LogP) is 2.19. The summed E-state index contributed by atoms with van der Waals surface area (Å²) in [6.07, 6.45) is 4.81. The number of hydrogen-bond acceptors (Lipinski definition) is 5. The van der Waals surface area contributed by atoms with Gasteiger partial charge in [-0.05, 0) is 30.7 Å². The molecule has 1 amide bonds. The lowest BCUT2D eigenvalue weighted by Crippen LogP contribution is -2.42. The van der Waals surface area contributed by atoms with Gasteiger partial charge in [-0.25, -0.2) is 0 Å². The Morgan fingerprint density at radius 1 is 1.52 bits per heavy atom. The Balaban J connectivity index is 1.79. The fraction of sp³-hybridized carbons (Fsp3) is 0.600. The van der Waals surface area contributed by atoms with E-state index in [9.17, 15) is 4.79 Å². The summed E-state index contributed by atoms with van der Waals surface area (Å²) in [5, 5.41) is 23.1. The molecule has 0 aromatic carbocycles. The molecule has 21 heavy (non-hydrogen) atoms. The van der Waals surface area contributed by atoms with Gasteiger partial charge in [-0.1, -0.05) is 6.42 Å². The molecule has 1 aromatic heterocycles. The summed E-state index contributed by atoms with van der Waals surface area (Å²) < 4.78 is 0. The van der Waals surface area contributed by atoms with Gasteiger partial charge in [0, 0.05) is 32.2 Å². The number of carbonyl (C=O) groups is 1. The normalized spacial score (nSPS) is 14.7. The highest BCUT2D eigenvalue weighted by atomic mass is 32.1. The number of hydrogen-bond donors (Lipinski definition) is 2. The number of thiophene rings is 1. The Hall–Kier alpha value is -1.42. The molecule has 1 aromatic rings. The van der Waals surface area contributed by atoms with E-state index in [1.165, 1.54) is 30.6 Å². The minimum Gasteiger partial charge on any atom is -0.396 e. The van der Waals surface area contributed by atoms with Crippen molar-refractivity contribution in [2.75, 3.05) is 25.0 Å². The van der Waals surface area contributed by atoms with E-state index in [4.69, 9.17) is 10.4 Å². The van der Waals surface area contributed by atoms with Crippen LogP contribution in [0.5, 0.6) is 0 Å². The zero-order valence-electron chi connectivity index (χ0n) is 12.0. The molecule has 2 N–H and O–H groups in total. The monoisotopic (exact) mass is 307 g/mol. The Morgan fingerprint density at radius 3 is 2.95 bits per heavy atom. The summed E-state index contributed by atoms with van der Waals surface area (Å²) in [4.78, 5) is 14.3. The Kier molecular flexibility index (Phi) is 6.18. The van der Waals surface area contributed by atoms with Gasteiger partial charge >= 0.3 is 0 Å². The second-order valence-electron chi connectivity index (χ2n) is 5.27. The molecule has 0 bridgehead atoms. The van der Waals surface area contributed by atoms with Gasteiger partial charge in [0.2, 0.25) is 5.91 Å². The summed E-state index contributed by atoms with van der Waals surface area (Å²) in [5.41, 5.74) is 0.518. The molecule has 1 heterocycles. The predicted molar refractivity (Wildman–Crippen MR) is 83.2 cm³/mol. The molecule has 6 heteroatoms. The highest BCUT2D eigenvalue weighted by molar-refractivity contribution is 7.14. The second-order valence-corrected chi connectivity index (χ2v) is 6.19. The first kappa shape index (κ1) is 16.0. The lowest BCUT2D eigenvalue weighted by atomic mass is 9.91. The zero-order valence-corrected chi connectivity index (χ0v) is 12.9. The SMILES string of the molecule is N#Cc1ccsc1NC(=O)CCN(CCCO)C1CCC1. The molecule has 5 nitrogen and oxygen atoms in total. The molecular formula is C15H21N3O2S. The van der Waals surface area contributed by atoms with Crippen LogP contribution in [0.2, 0.25) is 0 Å². The van der Waals surface area contributed by atoms with Crippen molar-refractivity contribution in [3.8, 4) is 6.07 Å². The molecule has 0 spiro atoms. The molecule has 0 atom stereocenters. The van der Waals surface area contributed by atoms with E-state index >= 15 is 0 Å². The van der Waals surface area contributed by atoms with Crippen LogP contribution >= 0.6 is 11.3 Å². The first-order chi connectivity index (χ1) is 10.2. The highest BCUT2D eigenvalue weighted by Crippen LogP contribution is 2.25. The van der Waals surface area contributed by atoms with E-state index in [-0.39, 0.29) is 12.5 Å². The van der Waals surface area contributed by atoms with Gasteiger partial charge in [0.1, 0.15) is 11.1 Å². The van der Waals surface area contributed by atoms with Crippen LogP contribution in [0, 0.1) is 11.3 Å². The standard InChI is InChI=1S/C15H21N3O2S/c16-11-12-6-10-21-15(12)17-14(20)5-8-18(7-2-9-19)13-3-1-4-13/h6,10,13,19H,1-5,7-9H2,(H,17,20). The van der Waals surface area contributed by atoms with Gasteiger partial charge in [-0.3, -0.25) is 9.69 Å². The average molecular weight is 307 g/mol. The number of nitriles is 1. The third-order valence-electron chi connectivity index (χ3n) is 3.86. The van der Waals surface area contributed by atoms with Crippen molar-refractivity contribution in [2.24, 2.45) is 0 Å². The maximum atomic E-state index is 12.0. The summed E-state index contributed by atoms with van der Waals surface area (Å²) in [6.45, 7) is 1.75. The maximum absolute atomic E-state index is 12.0. The van der Waals surface area contributed by atoms with E-state index in [1.807, 2.05) is 0 Å². The number of nitrogens with one attached hydrogen (secondary N) is 1. The van der Waals surface area contributed by atoms with Crippen molar-refractivity contribution < 1.29 is 9.90 Å². The van der Waals surface area contributed by atoms with Gasteiger partial charge in [0.25, 0.3) is 0 Å². The van der Waals surface area contributed by atoms with Crippen LogP contribution in [0.1, 0.15) is 37.7 Å². The van der Waals surface area contributed by atoms with Crippen LogP contribution < -0.4 is 5.32 Å². The third-order valence-corrected chi connectivity index (χ3v) is 4.69. The molecule has 1 aliphatic carbocycles. The van der Waals surface area contributed by atoms with Gasteiger partial charge in [0.05, 0.1) is 5.56 Å². The van der Waals surface area contributed by atoms with E-state index in [0.717, 1.165) is 13.0 Å². The minimum absolute atomic E-state index is 0.0535. The molecule has 0 unspecified atom stereocenters. The first-order valence-corrected chi connectivity index (χ1v) is 8.25. The molecule has 1 saturated carbocycles. The minimum atomic E-state index is -0.0535. The smallest absolute Gasteiger partial charge is 0.226 e. The lowest BCUT2D eigenvalue weighted by Gasteiger charge is -2.37. The third kappa shape index (κ3) is 4.53. The molecule has 0 radical (unpaired) electrons. The quantitative estimate of drug-likeness (QED) is 0.772. The molecule has 0 aliphatic heterocycles. The first-order valence-electron chi connectivity index (χ1n) is 7.37. The molecule has 2 rings (SSSR count). The van der Waals surface area contributed by atoms with Crippen LogP contribution in [0.25, 0.3) is 0 Å². The highest BCUT2D eigenvalue weighted by Gasteiger charge is 2.24. The van der Waals surface area contributed by atoms with Crippen LogP contribution in [-0.4, -0.2) is 41.7 Å². The lowest BCUT2D eigenvalue weighted by molar-refractivity contribution is -0.116. The number of carbonyl (C=O) groups excluding carboxylic acids is 1. The number of rotatable bonds is 8. The zero-order chi connectivity index (χ0) is 15.1. The number of aliphatic hydroxyl groups is 1. The van der Waals surface area contributed by atoms with Gasteiger partial charge < -0.3 is 10.4 Å². The van der Waals surface area contributed by atoms with Crippen molar-refractivity contribution >= 4 is 22.2 Å². The fourth-order valence-corrected chi connectivity index (χ4v) is 3.18. The molecular weight excluding hydrogens is 286 g/mol. The van der Waals surface area contributed by atoms with Gasteiger partial charge in [-0.15, -0.1) is 11.3 Å². The summed E-state index contributed by atoms with van der Waals surface area (Å²) in [5.74, 6) is -0.0535. The summed E-state index contributed by atoms with van der Waals surface area (Å²) >= 11 is 1.37. The van der Waals surface area contributed by atoms with Gasteiger partial charge in [-0.2, -0.15) is 5.26 Å². The van der Waals surface area contributed by atoms with Gasteiger partial charge in [0.15, 0.2) is 0 Å². The van der Waals surface area contributed by atoms with E-state index < -0.39 is 0 Å². The average Bonchev–Trinajstić information content (AvgIpc) is 2.86. The topological polar surface area (TPSA) is 76.4 Å². The van der Waals surface area contributed by atoms with E-state index in [0.29, 0.717) is 29.6 Å². The molecule has 1 fully saturated rings. The van der Waals surface area contributed by atoms with Crippen LogP contribution in [0.15, 0.2) is 11.4 Å². The van der Waals surface area contributed by atoms with Crippen molar-refractivity contribution in [3.05, 3.63) is 17.0 Å². The van der Waals surface area contributed by atoms with Crippen molar-refractivity contribution in [1.29, 1.82) is 5.26 Å². The number of aliphatic hydroxyl groups excluding tert-OH is 1. The number of anilines is 1.